The Hall–Kier alpha value is -1.21. The van der Waals surface area contributed by atoms with Crippen molar-refractivity contribution >= 4 is 5.91 Å². The van der Waals surface area contributed by atoms with Crippen LogP contribution in [0.5, 0.6) is 0 Å². The summed E-state index contributed by atoms with van der Waals surface area (Å²) in [5.74, 6) is -0.600. The van der Waals surface area contributed by atoms with Crippen molar-refractivity contribution in [3.05, 3.63) is 24.3 Å². The second-order valence-electron chi connectivity index (χ2n) is 13.6. The quantitative estimate of drug-likeness (QED) is 0.0346. The highest BCUT2D eigenvalue weighted by molar-refractivity contribution is 5.80. The van der Waals surface area contributed by atoms with Crippen molar-refractivity contribution in [3.63, 3.8) is 0 Å². The summed E-state index contributed by atoms with van der Waals surface area (Å²) in [6, 6.07) is -1.00. The minimum atomic E-state index is -1.28. The molecular formula is C40H77NO5. The van der Waals surface area contributed by atoms with Crippen molar-refractivity contribution in [2.24, 2.45) is 0 Å². The third kappa shape index (κ3) is 29.0. The highest BCUT2D eigenvalue weighted by atomic mass is 16.3. The van der Waals surface area contributed by atoms with Crippen LogP contribution in [0.25, 0.3) is 0 Å². The van der Waals surface area contributed by atoms with Crippen LogP contribution < -0.4 is 5.32 Å². The standard InChI is InChI=1S/C40H77NO5/c1-3-5-7-9-11-13-15-16-17-18-19-20-21-22-23-24-26-28-30-32-34-38(44)40(46)41-36(35-42)39(45)37(43)33-31-29-27-25-14-12-10-8-6-4-2/h20-21,25,27,36-39,42-45H,3-19,22-24,26,28-35H2,1-2H3,(H,41,46)/b21-20-,27-25+. The van der Waals surface area contributed by atoms with E-state index in [4.69, 9.17) is 0 Å². The van der Waals surface area contributed by atoms with Gasteiger partial charge in [-0.2, -0.15) is 0 Å². The number of carbonyl (C=O) groups excluding carboxylic acids is 1. The largest absolute Gasteiger partial charge is 0.394 e. The van der Waals surface area contributed by atoms with Crippen molar-refractivity contribution in [1.29, 1.82) is 0 Å². The first-order valence-corrected chi connectivity index (χ1v) is 19.7. The predicted molar refractivity (Wildman–Crippen MR) is 196 cm³/mol. The van der Waals surface area contributed by atoms with Gasteiger partial charge in [0.25, 0.3) is 0 Å². The van der Waals surface area contributed by atoms with Crippen LogP contribution in [0.4, 0.5) is 0 Å². The molecular weight excluding hydrogens is 574 g/mol. The van der Waals surface area contributed by atoms with Crippen LogP contribution in [0.3, 0.4) is 0 Å². The average molecular weight is 652 g/mol. The van der Waals surface area contributed by atoms with E-state index in [0.717, 1.165) is 44.9 Å². The van der Waals surface area contributed by atoms with Gasteiger partial charge in [0.05, 0.1) is 18.8 Å². The lowest BCUT2D eigenvalue weighted by Crippen LogP contribution is -2.53. The molecule has 4 unspecified atom stereocenters. The Kier molecular flexibility index (Phi) is 34.2. The monoisotopic (exact) mass is 652 g/mol. The molecule has 0 aromatic carbocycles. The molecule has 0 rings (SSSR count). The minimum absolute atomic E-state index is 0.356. The van der Waals surface area contributed by atoms with Crippen molar-refractivity contribution in [1.82, 2.24) is 5.32 Å². The molecule has 0 heterocycles. The van der Waals surface area contributed by atoms with Crippen LogP contribution in [-0.2, 0) is 4.79 Å². The molecule has 4 atom stereocenters. The maximum atomic E-state index is 12.4. The Labute approximate surface area is 284 Å². The molecule has 0 aromatic rings. The Bertz CT molecular complexity index is 697. The summed E-state index contributed by atoms with van der Waals surface area (Å²) < 4.78 is 0. The topological polar surface area (TPSA) is 110 Å². The van der Waals surface area contributed by atoms with E-state index in [-0.39, 0.29) is 0 Å². The zero-order valence-electron chi connectivity index (χ0n) is 30.3. The summed E-state index contributed by atoms with van der Waals surface area (Å²) in [5.41, 5.74) is 0. The number of aliphatic hydroxyl groups is 4. The SMILES string of the molecule is CCCCCCC/C=C/CCCC(O)C(O)C(CO)NC(=O)C(O)CCCCCCCC/C=C\CCCCCCCCCCCC. The van der Waals surface area contributed by atoms with Gasteiger partial charge in [-0.1, -0.05) is 154 Å². The number of hydrogen-bond donors (Lipinski definition) is 5. The maximum Gasteiger partial charge on any atom is 0.249 e. The van der Waals surface area contributed by atoms with Crippen molar-refractivity contribution < 1.29 is 25.2 Å². The Morgan fingerprint density at radius 1 is 0.522 bits per heavy atom. The summed E-state index contributed by atoms with van der Waals surface area (Å²) in [7, 11) is 0. The van der Waals surface area contributed by atoms with Gasteiger partial charge in [0.15, 0.2) is 0 Å². The number of unbranched alkanes of at least 4 members (excludes halogenated alkanes) is 22. The summed E-state index contributed by atoms with van der Waals surface area (Å²) >= 11 is 0. The van der Waals surface area contributed by atoms with Crippen LogP contribution in [-0.4, -0.2) is 57.3 Å². The molecule has 1 amide bonds. The van der Waals surface area contributed by atoms with Crippen LogP contribution >= 0.6 is 0 Å². The highest BCUT2D eigenvalue weighted by Gasteiger charge is 2.28. The van der Waals surface area contributed by atoms with E-state index >= 15 is 0 Å². The zero-order valence-corrected chi connectivity index (χ0v) is 30.3. The van der Waals surface area contributed by atoms with Crippen LogP contribution in [0.2, 0.25) is 0 Å². The predicted octanol–water partition coefficient (Wildman–Crippen LogP) is 9.62. The van der Waals surface area contributed by atoms with E-state index in [1.54, 1.807) is 0 Å². The number of rotatable bonds is 35. The van der Waals surface area contributed by atoms with Crippen molar-refractivity contribution in [2.75, 3.05) is 6.61 Å². The Balaban J connectivity index is 3.78. The molecule has 0 aromatic heterocycles. The van der Waals surface area contributed by atoms with E-state index < -0.39 is 36.9 Å². The van der Waals surface area contributed by atoms with E-state index in [2.05, 4.69) is 43.5 Å². The van der Waals surface area contributed by atoms with Crippen molar-refractivity contribution in [3.8, 4) is 0 Å². The third-order valence-electron chi connectivity index (χ3n) is 9.13. The number of amides is 1. The van der Waals surface area contributed by atoms with Gasteiger partial charge in [0.1, 0.15) is 12.2 Å². The van der Waals surface area contributed by atoms with E-state index in [0.29, 0.717) is 12.8 Å². The molecule has 5 N–H and O–H groups in total. The second-order valence-corrected chi connectivity index (χ2v) is 13.6. The minimum Gasteiger partial charge on any atom is -0.394 e. The van der Waals surface area contributed by atoms with Crippen molar-refractivity contribution in [2.45, 2.75) is 218 Å². The number of allylic oxidation sites excluding steroid dienone is 4. The van der Waals surface area contributed by atoms with Gasteiger partial charge in [0.2, 0.25) is 5.91 Å². The van der Waals surface area contributed by atoms with Crippen LogP contribution in [0, 0.1) is 0 Å². The Morgan fingerprint density at radius 2 is 0.891 bits per heavy atom. The van der Waals surface area contributed by atoms with E-state index in [1.165, 1.54) is 122 Å². The Morgan fingerprint density at radius 3 is 1.30 bits per heavy atom. The molecule has 272 valence electrons. The van der Waals surface area contributed by atoms with Gasteiger partial charge in [-0.15, -0.1) is 0 Å². The normalized spacial score (nSPS) is 14.7. The lowest BCUT2D eigenvalue weighted by Gasteiger charge is -2.27. The highest BCUT2D eigenvalue weighted by Crippen LogP contribution is 2.14. The molecule has 0 bridgehead atoms. The molecule has 0 aliphatic heterocycles. The summed E-state index contributed by atoms with van der Waals surface area (Å²) in [6.45, 7) is 3.99. The first-order chi connectivity index (χ1) is 22.5. The maximum absolute atomic E-state index is 12.4. The third-order valence-corrected chi connectivity index (χ3v) is 9.13. The molecule has 6 nitrogen and oxygen atoms in total. The van der Waals surface area contributed by atoms with Gasteiger partial charge in [-0.25, -0.2) is 0 Å². The summed E-state index contributed by atoms with van der Waals surface area (Å²) in [5, 5.41) is 43.4. The van der Waals surface area contributed by atoms with Gasteiger partial charge in [-0.3, -0.25) is 4.79 Å². The van der Waals surface area contributed by atoms with Gasteiger partial charge >= 0.3 is 0 Å². The fourth-order valence-electron chi connectivity index (χ4n) is 5.93. The van der Waals surface area contributed by atoms with E-state index in [1.807, 2.05) is 0 Å². The molecule has 0 fully saturated rings. The fourth-order valence-corrected chi connectivity index (χ4v) is 5.93. The molecule has 0 aliphatic carbocycles. The smallest absolute Gasteiger partial charge is 0.249 e. The molecule has 0 spiro atoms. The average Bonchev–Trinajstić information content (AvgIpc) is 3.06. The van der Waals surface area contributed by atoms with Gasteiger partial charge in [0, 0.05) is 0 Å². The number of hydrogen-bond acceptors (Lipinski definition) is 5. The number of nitrogens with one attached hydrogen (secondary N) is 1. The lowest BCUT2D eigenvalue weighted by atomic mass is 10.00. The number of aliphatic hydroxyl groups excluding tert-OH is 4. The molecule has 0 aliphatic rings. The van der Waals surface area contributed by atoms with Crippen LogP contribution in [0.15, 0.2) is 24.3 Å². The first kappa shape index (κ1) is 44.8. The second kappa shape index (κ2) is 35.1. The molecule has 46 heavy (non-hydrogen) atoms. The zero-order chi connectivity index (χ0) is 33.9. The molecule has 6 heteroatoms. The first-order valence-electron chi connectivity index (χ1n) is 19.7. The number of carbonyl (C=O) groups is 1. The summed E-state index contributed by atoms with van der Waals surface area (Å²) in [4.78, 5) is 12.4. The van der Waals surface area contributed by atoms with E-state index in [9.17, 15) is 25.2 Å². The molecule has 0 saturated carbocycles. The lowest BCUT2D eigenvalue weighted by molar-refractivity contribution is -0.132. The summed E-state index contributed by atoms with van der Waals surface area (Å²) in [6.07, 6.45) is 37.8. The molecule has 0 saturated heterocycles. The molecule has 0 radical (unpaired) electrons. The van der Waals surface area contributed by atoms with Crippen LogP contribution in [0.1, 0.15) is 194 Å². The van der Waals surface area contributed by atoms with Gasteiger partial charge < -0.3 is 25.7 Å². The van der Waals surface area contributed by atoms with Gasteiger partial charge in [-0.05, 0) is 64.2 Å². The fraction of sp³-hybridized carbons (Fsp3) is 0.875.